The second kappa shape index (κ2) is 4.90. The molecule has 1 N–H and O–H groups in total. The van der Waals surface area contributed by atoms with Gasteiger partial charge in [0.25, 0.3) is 0 Å². The zero-order chi connectivity index (χ0) is 15.0. The lowest BCUT2D eigenvalue weighted by atomic mass is 9.92. The van der Waals surface area contributed by atoms with E-state index in [0.717, 1.165) is 0 Å². The number of para-hydroxylation sites is 1. The molecule has 0 spiro atoms. The zero-order valence-electron chi connectivity index (χ0n) is 11.8. The maximum absolute atomic E-state index is 13.3. The Balaban J connectivity index is 2.15. The molecule has 1 atom stereocenters. The topological polar surface area (TPSA) is 42.6 Å². The second-order valence-corrected chi connectivity index (χ2v) is 5.07. The normalized spacial score (nSPS) is 14.1. The Morgan fingerprint density at radius 2 is 1.90 bits per heavy atom. The molecule has 0 aliphatic rings. The lowest BCUT2D eigenvalue weighted by molar-refractivity contribution is 0.0758. The Labute approximate surface area is 121 Å². The van der Waals surface area contributed by atoms with E-state index in [1.807, 2.05) is 12.1 Å². The van der Waals surface area contributed by atoms with Gasteiger partial charge in [-0.25, -0.2) is 4.39 Å². The molecule has 0 saturated heterocycles. The van der Waals surface area contributed by atoms with Crippen LogP contribution in [0.3, 0.4) is 0 Å². The molecule has 0 bridgehead atoms. The van der Waals surface area contributed by atoms with Gasteiger partial charge in [-0.2, -0.15) is 0 Å². The quantitative estimate of drug-likeness (QED) is 0.795. The van der Waals surface area contributed by atoms with Crippen molar-refractivity contribution in [3.8, 4) is 5.75 Å². The molecular weight excluding hydrogens is 271 g/mol. The largest absolute Gasteiger partial charge is 0.496 e. The number of ether oxygens (including phenoxy) is 1. The third-order valence-electron chi connectivity index (χ3n) is 3.59. The molecule has 0 saturated carbocycles. The third kappa shape index (κ3) is 2.28. The fourth-order valence-corrected chi connectivity index (χ4v) is 2.43. The Hall–Kier alpha value is -2.33. The Bertz CT molecular complexity index is 790. The molecule has 4 heteroatoms. The van der Waals surface area contributed by atoms with E-state index < -0.39 is 5.60 Å². The molecule has 1 aromatic heterocycles. The highest BCUT2D eigenvalue weighted by Gasteiger charge is 2.32. The molecule has 2 aromatic carbocycles. The molecule has 0 aliphatic carbocycles. The first-order valence-corrected chi connectivity index (χ1v) is 6.58. The van der Waals surface area contributed by atoms with Crippen molar-refractivity contribution in [2.24, 2.45) is 0 Å². The maximum atomic E-state index is 13.3. The van der Waals surface area contributed by atoms with Gasteiger partial charge in [0.1, 0.15) is 28.5 Å². The van der Waals surface area contributed by atoms with E-state index in [2.05, 4.69) is 0 Å². The van der Waals surface area contributed by atoms with Crippen molar-refractivity contribution in [1.29, 1.82) is 0 Å². The molecule has 0 amide bonds. The molecule has 0 fully saturated rings. The summed E-state index contributed by atoms with van der Waals surface area (Å²) in [4.78, 5) is 0. The highest BCUT2D eigenvalue weighted by Crippen LogP contribution is 2.37. The minimum Gasteiger partial charge on any atom is -0.496 e. The number of rotatable bonds is 3. The van der Waals surface area contributed by atoms with E-state index in [-0.39, 0.29) is 5.82 Å². The molecule has 1 heterocycles. The highest BCUT2D eigenvalue weighted by atomic mass is 19.1. The van der Waals surface area contributed by atoms with Gasteiger partial charge in [0.15, 0.2) is 0 Å². The van der Waals surface area contributed by atoms with Crippen molar-refractivity contribution >= 4 is 11.0 Å². The van der Waals surface area contributed by atoms with Gasteiger partial charge in [0, 0.05) is 10.9 Å². The lowest BCUT2D eigenvalue weighted by Crippen LogP contribution is -2.22. The van der Waals surface area contributed by atoms with Crippen LogP contribution in [0.2, 0.25) is 0 Å². The Morgan fingerprint density at radius 1 is 1.14 bits per heavy atom. The van der Waals surface area contributed by atoms with Crippen molar-refractivity contribution in [3.63, 3.8) is 0 Å². The fraction of sp³-hybridized carbons (Fsp3) is 0.176. The zero-order valence-corrected chi connectivity index (χ0v) is 11.8. The van der Waals surface area contributed by atoms with E-state index in [0.29, 0.717) is 28.0 Å². The summed E-state index contributed by atoms with van der Waals surface area (Å²) in [5.41, 5.74) is -0.254. The van der Waals surface area contributed by atoms with Gasteiger partial charge in [-0.3, -0.25) is 0 Å². The van der Waals surface area contributed by atoms with E-state index in [1.54, 1.807) is 38.3 Å². The smallest absolute Gasteiger partial charge is 0.148 e. The van der Waals surface area contributed by atoms with Crippen molar-refractivity contribution in [2.45, 2.75) is 12.5 Å². The summed E-state index contributed by atoms with van der Waals surface area (Å²) >= 11 is 0. The van der Waals surface area contributed by atoms with Crippen LogP contribution in [0.5, 0.6) is 5.75 Å². The number of fused-ring (bicyclic) bond motifs is 1. The number of halogens is 1. The predicted molar refractivity (Wildman–Crippen MR) is 77.8 cm³/mol. The molecule has 0 radical (unpaired) electrons. The minimum atomic E-state index is -1.37. The first kappa shape index (κ1) is 13.6. The van der Waals surface area contributed by atoms with Crippen LogP contribution in [-0.4, -0.2) is 12.2 Å². The lowest BCUT2D eigenvalue weighted by Gasteiger charge is -2.23. The fourth-order valence-electron chi connectivity index (χ4n) is 2.43. The summed E-state index contributed by atoms with van der Waals surface area (Å²) < 4.78 is 24.2. The number of furan rings is 1. The van der Waals surface area contributed by atoms with E-state index in [1.165, 1.54) is 12.1 Å². The van der Waals surface area contributed by atoms with Gasteiger partial charge >= 0.3 is 0 Å². The van der Waals surface area contributed by atoms with Crippen LogP contribution in [0.25, 0.3) is 11.0 Å². The maximum Gasteiger partial charge on any atom is 0.148 e. The monoisotopic (exact) mass is 286 g/mol. The van der Waals surface area contributed by atoms with Crippen LogP contribution in [0.1, 0.15) is 18.2 Å². The van der Waals surface area contributed by atoms with E-state index in [4.69, 9.17) is 9.15 Å². The van der Waals surface area contributed by atoms with Gasteiger partial charge in [0.2, 0.25) is 0 Å². The summed E-state index contributed by atoms with van der Waals surface area (Å²) in [6.45, 7) is 1.62. The van der Waals surface area contributed by atoms with Crippen molar-refractivity contribution in [2.75, 3.05) is 7.11 Å². The van der Waals surface area contributed by atoms with Crippen LogP contribution in [-0.2, 0) is 5.60 Å². The van der Waals surface area contributed by atoms with Crippen LogP contribution in [0.15, 0.2) is 52.9 Å². The summed E-state index contributed by atoms with van der Waals surface area (Å²) in [7, 11) is 1.54. The van der Waals surface area contributed by atoms with Gasteiger partial charge in [-0.15, -0.1) is 0 Å². The van der Waals surface area contributed by atoms with Crippen molar-refractivity contribution in [1.82, 2.24) is 0 Å². The van der Waals surface area contributed by atoms with Crippen LogP contribution in [0, 0.1) is 5.82 Å². The molecule has 3 rings (SSSR count). The summed E-state index contributed by atoms with van der Waals surface area (Å²) in [5.74, 6) is 0.563. The molecule has 0 aliphatic heterocycles. The number of benzene rings is 2. The average molecular weight is 286 g/mol. The first-order valence-electron chi connectivity index (χ1n) is 6.58. The SMILES string of the molecule is COc1ccccc1C(C)(O)c1cc2cc(F)ccc2o1. The van der Waals surface area contributed by atoms with E-state index >= 15 is 0 Å². The third-order valence-corrected chi connectivity index (χ3v) is 3.59. The number of aliphatic hydroxyl groups is 1. The van der Waals surface area contributed by atoms with Crippen molar-refractivity contribution in [3.05, 3.63) is 65.7 Å². The van der Waals surface area contributed by atoms with Crippen LogP contribution < -0.4 is 4.74 Å². The number of hydrogen-bond acceptors (Lipinski definition) is 3. The Kier molecular flexibility index (Phi) is 3.18. The van der Waals surface area contributed by atoms with Gasteiger partial charge in [-0.1, -0.05) is 18.2 Å². The number of methoxy groups -OCH3 is 1. The van der Waals surface area contributed by atoms with E-state index in [9.17, 15) is 9.50 Å². The predicted octanol–water partition coefficient (Wildman–Crippen LogP) is 3.84. The van der Waals surface area contributed by atoms with Crippen molar-refractivity contribution < 1.29 is 18.7 Å². The molecule has 21 heavy (non-hydrogen) atoms. The molecule has 3 nitrogen and oxygen atoms in total. The minimum absolute atomic E-state index is 0.340. The van der Waals surface area contributed by atoms with Crippen LogP contribution in [0.4, 0.5) is 4.39 Å². The second-order valence-electron chi connectivity index (χ2n) is 5.07. The average Bonchev–Trinajstić information content (AvgIpc) is 2.91. The molecular formula is C17H15FO3. The van der Waals surface area contributed by atoms with Crippen LogP contribution >= 0.6 is 0 Å². The molecule has 3 aromatic rings. The highest BCUT2D eigenvalue weighted by molar-refractivity contribution is 5.78. The molecule has 1 unspecified atom stereocenters. The van der Waals surface area contributed by atoms with Gasteiger partial charge < -0.3 is 14.3 Å². The summed E-state index contributed by atoms with van der Waals surface area (Å²) in [6, 6.07) is 13.1. The summed E-state index contributed by atoms with van der Waals surface area (Å²) in [6.07, 6.45) is 0. The van der Waals surface area contributed by atoms with Gasteiger partial charge in [0.05, 0.1) is 7.11 Å². The first-order chi connectivity index (χ1) is 10.0. The number of hydrogen-bond donors (Lipinski definition) is 1. The summed E-state index contributed by atoms with van der Waals surface area (Å²) in [5, 5.41) is 11.5. The molecule has 108 valence electrons. The Morgan fingerprint density at radius 3 is 2.67 bits per heavy atom. The van der Waals surface area contributed by atoms with Gasteiger partial charge in [-0.05, 0) is 37.3 Å². The standard InChI is InChI=1S/C17H15FO3/c1-17(19,13-5-3-4-6-15(13)20-2)16-10-11-9-12(18)7-8-14(11)21-16/h3-10,19H,1-2H3.